The average molecular weight is 315 g/mol. The van der Waals surface area contributed by atoms with Crippen molar-refractivity contribution in [3.05, 3.63) is 35.9 Å². The minimum Gasteiger partial charge on any atom is -0.398 e. The van der Waals surface area contributed by atoms with E-state index in [1.54, 1.807) is 0 Å². The van der Waals surface area contributed by atoms with Gasteiger partial charge in [0.2, 0.25) is 5.91 Å². The molecule has 0 bridgehead atoms. The third kappa shape index (κ3) is 5.50. The number of nitrogens with zero attached hydrogens (tertiary/aromatic N) is 1. The summed E-state index contributed by atoms with van der Waals surface area (Å²) in [5, 5.41) is 13.2. The number of carbonyl (C=O) groups excluding carboxylic acids is 1. The molecule has 1 aromatic carbocycles. The molecule has 1 heterocycles. The summed E-state index contributed by atoms with van der Waals surface area (Å²) in [7, 11) is 2.12. The summed E-state index contributed by atoms with van der Waals surface area (Å²) in [4.78, 5) is 14.3. The van der Waals surface area contributed by atoms with Crippen LogP contribution >= 0.6 is 0 Å². The van der Waals surface area contributed by atoms with Crippen LogP contribution in [0.2, 0.25) is 0 Å². The van der Waals surface area contributed by atoms with Gasteiger partial charge in [0.25, 0.3) is 0 Å². The Bertz CT molecular complexity index is 559. The van der Waals surface area contributed by atoms with Crippen LogP contribution in [0.15, 0.2) is 30.3 Å². The smallest absolute Gasteiger partial charge is 0.238 e. The zero-order chi connectivity index (χ0) is 16.7. The molecule has 1 aliphatic rings. The van der Waals surface area contributed by atoms with Crippen molar-refractivity contribution in [2.45, 2.75) is 18.9 Å². The summed E-state index contributed by atoms with van der Waals surface area (Å²) in [6, 6.07) is 7.70. The Labute approximate surface area is 137 Å². The highest BCUT2D eigenvalue weighted by Gasteiger charge is 2.16. The maximum Gasteiger partial charge on any atom is 0.238 e. The molecule has 0 aromatic heterocycles. The molecule has 1 aliphatic heterocycles. The van der Waals surface area contributed by atoms with E-state index in [9.17, 15) is 4.79 Å². The third-order valence-corrected chi connectivity index (χ3v) is 4.03. The molecule has 124 valence electrons. The second-order valence-electron chi connectivity index (χ2n) is 5.87. The van der Waals surface area contributed by atoms with Gasteiger partial charge in [-0.2, -0.15) is 0 Å². The van der Waals surface area contributed by atoms with Crippen LogP contribution in [0.5, 0.6) is 0 Å². The first kappa shape index (κ1) is 17.2. The van der Waals surface area contributed by atoms with Crippen LogP contribution in [-0.4, -0.2) is 49.7 Å². The number of carbonyl (C=O) groups is 1. The van der Waals surface area contributed by atoms with E-state index in [0.29, 0.717) is 18.3 Å². The van der Waals surface area contributed by atoms with E-state index in [0.717, 1.165) is 43.4 Å². The summed E-state index contributed by atoms with van der Waals surface area (Å²) in [5.41, 5.74) is 7.91. The number of hydrogen-bond donors (Lipinski definition) is 4. The fraction of sp³-hybridized carbons (Fsp3) is 0.412. The second kappa shape index (κ2) is 8.45. The van der Waals surface area contributed by atoms with Gasteiger partial charge in [-0.25, -0.2) is 0 Å². The number of piperidine rings is 1. The molecule has 5 N–H and O–H groups in total. The summed E-state index contributed by atoms with van der Waals surface area (Å²) < 4.78 is 0. The molecule has 0 atom stereocenters. The predicted octanol–water partition coefficient (Wildman–Crippen LogP) is 1.26. The van der Waals surface area contributed by atoms with Gasteiger partial charge >= 0.3 is 0 Å². The van der Waals surface area contributed by atoms with E-state index in [-0.39, 0.29) is 5.91 Å². The fourth-order valence-electron chi connectivity index (χ4n) is 2.59. The van der Waals surface area contributed by atoms with Crippen molar-refractivity contribution in [1.82, 2.24) is 10.2 Å². The molecule has 0 radical (unpaired) electrons. The van der Waals surface area contributed by atoms with Crippen LogP contribution in [0.4, 0.5) is 5.69 Å². The Morgan fingerprint density at radius 3 is 2.61 bits per heavy atom. The van der Waals surface area contributed by atoms with Crippen molar-refractivity contribution in [1.29, 1.82) is 5.41 Å². The SMILES string of the molecule is CN1CCC(NCC(=O)Nc2ccc(/C(N)=C/C=N)cc2)CC1. The third-order valence-electron chi connectivity index (χ3n) is 4.03. The first-order valence-electron chi connectivity index (χ1n) is 7.87. The lowest BCUT2D eigenvalue weighted by Gasteiger charge is -2.29. The lowest BCUT2D eigenvalue weighted by Crippen LogP contribution is -2.43. The maximum absolute atomic E-state index is 12.0. The minimum absolute atomic E-state index is 0.0420. The van der Waals surface area contributed by atoms with E-state index in [1.807, 2.05) is 24.3 Å². The summed E-state index contributed by atoms with van der Waals surface area (Å²) in [6.07, 6.45) is 4.84. The molecule has 1 saturated heterocycles. The number of hydrogen-bond acceptors (Lipinski definition) is 5. The Morgan fingerprint density at radius 1 is 1.35 bits per heavy atom. The van der Waals surface area contributed by atoms with E-state index >= 15 is 0 Å². The van der Waals surface area contributed by atoms with Crippen LogP contribution in [0.1, 0.15) is 18.4 Å². The number of nitrogens with two attached hydrogens (primary N) is 1. The molecular weight excluding hydrogens is 290 g/mol. The molecule has 1 fully saturated rings. The average Bonchev–Trinajstić information content (AvgIpc) is 2.55. The molecule has 1 aromatic rings. The standard InChI is InChI=1S/C17H25N5O/c1-22-10-7-14(8-11-22)20-12-17(23)21-15-4-2-13(3-5-15)16(19)6-9-18/h2-6,9,14,18,20H,7-8,10-12,19H2,1H3,(H,21,23)/b16-6-,18-9?. The normalized spacial score (nSPS) is 17.0. The van der Waals surface area contributed by atoms with Crippen LogP contribution in [0, 0.1) is 5.41 Å². The van der Waals surface area contributed by atoms with Gasteiger partial charge in [0.15, 0.2) is 0 Å². The zero-order valence-electron chi connectivity index (χ0n) is 13.5. The highest BCUT2D eigenvalue weighted by atomic mass is 16.1. The highest BCUT2D eigenvalue weighted by Crippen LogP contribution is 2.13. The number of rotatable bonds is 6. The van der Waals surface area contributed by atoms with Crippen molar-refractivity contribution in [2.75, 3.05) is 32.0 Å². The molecule has 0 unspecified atom stereocenters. The van der Waals surface area contributed by atoms with Crippen LogP contribution < -0.4 is 16.4 Å². The number of benzene rings is 1. The quantitative estimate of drug-likeness (QED) is 0.594. The number of allylic oxidation sites excluding steroid dienone is 1. The summed E-state index contributed by atoms with van der Waals surface area (Å²) in [6.45, 7) is 2.48. The molecule has 0 aliphatic carbocycles. The molecular formula is C17H25N5O. The highest BCUT2D eigenvalue weighted by molar-refractivity contribution is 5.92. The monoisotopic (exact) mass is 315 g/mol. The molecule has 0 saturated carbocycles. The van der Waals surface area contributed by atoms with Crippen LogP contribution in [0.25, 0.3) is 5.70 Å². The fourth-order valence-corrected chi connectivity index (χ4v) is 2.59. The molecule has 23 heavy (non-hydrogen) atoms. The summed E-state index contributed by atoms with van der Waals surface area (Å²) >= 11 is 0. The van der Waals surface area contributed by atoms with Gasteiger partial charge in [0.1, 0.15) is 0 Å². The van der Waals surface area contributed by atoms with E-state index < -0.39 is 0 Å². The van der Waals surface area contributed by atoms with E-state index in [2.05, 4.69) is 22.6 Å². The minimum atomic E-state index is -0.0420. The van der Waals surface area contributed by atoms with Gasteiger partial charge in [0.05, 0.1) is 6.54 Å². The van der Waals surface area contributed by atoms with Crippen LogP contribution in [0.3, 0.4) is 0 Å². The Hall–Kier alpha value is -2.18. The lowest BCUT2D eigenvalue weighted by molar-refractivity contribution is -0.115. The van der Waals surface area contributed by atoms with Crippen LogP contribution in [-0.2, 0) is 4.79 Å². The number of nitrogens with one attached hydrogen (secondary N) is 3. The van der Waals surface area contributed by atoms with Gasteiger partial charge in [-0.1, -0.05) is 12.1 Å². The Morgan fingerprint density at radius 2 is 2.00 bits per heavy atom. The molecule has 2 rings (SSSR count). The van der Waals surface area contributed by atoms with Crippen molar-refractivity contribution >= 4 is 23.5 Å². The molecule has 6 heteroatoms. The van der Waals surface area contributed by atoms with Crippen molar-refractivity contribution in [3.8, 4) is 0 Å². The first-order valence-corrected chi connectivity index (χ1v) is 7.87. The molecule has 1 amide bonds. The number of amides is 1. The lowest BCUT2D eigenvalue weighted by atomic mass is 10.1. The van der Waals surface area contributed by atoms with Gasteiger partial charge in [-0.05, 0) is 56.8 Å². The summed E-state index contributed by atoms with van der Waals surface area (Å²) in [5.74, 6) is -0.0420. The predicted molar refractivity (Wildman–Crippen MR) is 94.5 cm³/mol. The van der Waals surface area contributed by atoms with Gasteiger partial charge in [-0.15, -0.1) is 0 Å². The van der Waals surface area contributed by atoms with Crippen molar-refractivity contribution in [3.63, 3.8) is 0 Å². The number of likely N-dealkylation sites (tertiary alicyclic amines) is 1. The van der Waals surface area contributed by atoms with E-state index in [1.165, 1.54) is 6.08 Å². The molecule has 6 nitrogen and oxygen atoms in total. The number of anilines is 1. The Kier molecular flexibility index (Phi) is 6.31. The Balaban J connectivity index is 1.79. The maximum atomic E-state index is 12.0. The zero-order valence-corrected chi connectivity index (χ0v) is 13.5. The van der Waals surface area contributed by atoms with Crippen molar-refractivity contribution < 1.29 is 4.79 Å². The second-order valence-corrected chi connectivity index (χ2v) is 5.87. The van der Waals surface area contributed by atoms with Gasteiger partial charge < -0.3 is 26.7 Å². The largest absolute Gasteiger partial charge is 0.398 e. The van der Waals surface area contributed by atoms with E-state index in [4.69, 9.17) is 11.1 Å². The van der Waals surface area contributed by atoms with Crippen molar-refractivity contribution in [2.24, 2.45) is 5.73 Å². The van der Waals surface area contributed by atoms with Gasteiger partial charge in [-0.3, -0.25) is 4.79 Å². The van der Waals surface area contributed by atoms with Gasteiger partial charge in [0, 0.05) is 23.6 Å². The first-order chi connectivity index (χ1) is 11.1. The molecule has 0 spiro atoms. The topological polar surface area (TPSA) is 94.2 Å².